The number of hydrogen-bond acceptors (Lipinski definition) is 4. The molecular formula is C17H26N4. The van der Waals surface area contributed by atoms with Crippen LogP contribution >= 0.6 is 0 Å². The van der Waals surface area contributed by atoms with E-state index in [2.05, 4.69) is 39.3 Å². The van der Waals surface area contributed by atoms with Gasteiger partial charge in [0, 0.05) is 64.2 Å². The van der Waals surface area contributed by atoms with Gasteiger partial charge in [-0.25, -0.2) is 0 Å². The van der Waals surface area contributed by atoms with Crippen LogP contribution in [0.2, 0.25) is 0 Å². The first-order chi connectivity index (χ1) is 10.3. The summed E-state index contributed by atoms with van der Waals surface area (Å²) >= 11 is 0. The van der Waals surface area contributed by atoms with E-state index in [0.717, 1.165) is 45.8 Å². The molecule has 114 valence electrons. The van der Waals surface area contributed by atoms with Crippen LogP contribution in [0.5, 0.6) is 0 Å². The second-order valence-corrected chi connectivity index (χ2v) is 5.38. The van der Waals surface area contributed by atoms with Gasteiger partial charge in [0.25, 0.3) is 0 Å². The number of nitrogens with zero attached hydrogens (tertiary/aromatic N) is 3. The molecule has 1 fully saturated rings. The van der Waals surface area contributed by atoms with Crippen LogP contribution < -0.4 is 5.32 Å². The second-order valence-electron chi connectivity index (χ2n) is 5.38. The number of aromatic nitrogens is 1. The quantitative estimate of drug-likeness (QED) is 0.737. The molecular weight excluding hydrogens is 260 g/mol. The lowest BCUT2D eigenvalue weighted by atomic mass is 10.1. The summed E-state index contributed by atoms with van der Waals surface area (Å²) in [6.07, 6.45) is 7.73. The van der Waals surface area contributed by atoms with Crippen molar-refractivity contribution in [2.75, 3.05) is 45.8 Å². The maximum absolute atomic E-state index is 4.29. The Labute approximate surface area is 128 Å². The molecule has 21 heavy (non-hydrogen) atoms. The van der Waals surface area contributed by atoms with Crippen LogP contribution in [-0.2, 0) is 0 Å². The van der Waals surface area contributed by atoms with Crippen molar-refractivity contribution in [2.45, 2.75) is 6.04 Å². The van der Waals surface area contributed by atoms with Crippen LogP contribution in [0, 0.1) is 0 Å². The molecule has 0 spiro atoms. The molecule has 1 aromatic rings. The smallest absolute Gasteiger partial charge is 0.0497 e. The molecule has 0 amide bonds. The summed E-state index contributed by atoms with van der Waals surface area (Å²) in [6.45, 7) is 14.9. The van der Waals surface area contributed by atoms with E-state index in [1.165, 1.54) is 5.56 Å². The highest BCUT2D eigenvalue weighted by atomic mass is 15.2. The lowest BCUT2D eigenvalue weighted by Crippen LogP contribution is -2.47. The van der Waals surface area contributed by atoms with Gasteiger partial charge in [-0.05, 0) is 11.6 Å². The maximum atomic E-state index is 4.29. The number of nitrogens with one attached hydrogen (secondary N) is 1. The van der Waals surface area contributed by atoms with E-state index >= 15 is 0 Å². The second kappa shape index (κ2) is 8.72. The maximum Gasteiger partial charge on any atom is 0.0497 e. The molecule has 1 saturated heterocycles. The Balaban J connectivity index is 2.15. The van der Waals surface area contributed by atoms with E-state index in [4.69, 9.17) is 0 Å². The van der Waals surface area contributed by atoms with E-state index in [9.17, 15) is 0 Å². The predicted molar refractivity (Wildman–Crippen MR) is 88.3 cm³/mol. The highest BCUT2D eigenvalue weighted by molar-refractivity contribution is 5.15. The van der Waals surface area contributed by atoms with Crippen molar-refractivity contribution >= 4 is 0 Å². The fourth-order valence-corrected chi connectivity index (χ4v) is 2.80. The standard InChI is InChI=1S/C17H26N4/c1-3-10-21(11-4-2)17(16-6-5-7-19-14-16)15-20-12-8-18-9-13-20/h3-7,14,17-18H,1-2,8-13,15H2. The number of hydrogen-bond donors (Lipinski definition) is 1. The Kier molecular flexibility index (Phi) is 6.60. The fraction of sp³-hybridized carbons (Fsp3) is 0.471. The first-order valence-electron chi connectivity index (χ1n) is 7.64. The minimum absolute atomic E-state index is 0.327. The molecule has 0 aliphatic carbocycles. The Morgan fingerprint density at radius 1 is 1.29 bits per heavy atom. The van der Waals surface area contributed by atoms with Gasteiger partial charge >= 0.3 is 0 Å². The van der Waals surface area contributed by atoms with Crippen LogP contribution in [0.4, 0.5) is 0 Å². The van der Waals surface area contributed by atoms with Gasteiger partial charge in [0.15, 0.2) is 0 Å². The van der Waals surface area contributed by atoms with Crippen molar-refractivity contribution in [3.63, 3.8) is 0 Å². The zero-order chi connectivity index (χ0) is 14.9. The van der Waals surface area contributed by atoms with Crippen molar-refractivity contribution in [2.24, 2.45) is 0 Å². The Hall–Kier alpha value is -1.49. The van der Waals surface area contributed by atoms with E-state index < -0.39 is 0 Å². The summed E-state index contributed by atoms with van der Waals surface area (Å²) in [5.41, 5.74) is 1.26. The van der Waals surface area contributed by atoms with Crippen LogP contribution in [0.1, 0.15) is 11.6 Å². The highest BCUT2D eigenvalue weighted by Crippen LogP contribution is 2.21. The van der Waals surface area contributed by atoms with Crippen molar-refractivity contribution in [1.29, 1.82) is 0 Å². The Bertz CT molecular complexity index is 416. The van der Waals surface area contributed by atoms with Crippen molar-refractivity contribution in [3.05, 3.63) is 55.4 Å². The third kappa shape index (κ3) is 4.77. The average Bonchev–Trinajstić information content (AvgIpc) is 2.54. The summed E-state index contributed by atoms with van der Waals surface area (Å²) in [5.74, 6) is 0. The lowest BCUT2D eigenvalue weighted by Gasteiger charge is -2.36. The van der Waals surface area contributed by atoms with Gasteiger partial charge in [0.2, 0.25) is 0 Å². The zero-order valence-corrected chi connectivity index (χ0v) is 12.7. The van der Waals surface area contributed by atoms with Gasteiger partial charge in [-0.3, -0.25) is 14.8 Å². The van der Waals surface area contributed by atoms with Crippen LogP contribution in [0.25, 0.3) is 0 Å². The predicted octanol–water partition coefficient (Wildman–Crippen LogP) is 1.70. The summed E-state index contributed by atoms with van der Waals surface area (Å²) < 4.78 is 0. The monoisotopic (exact) mass is 286 g/mol. The minimum Gasteiger partial charge on any atom is -0.314 e. The number of piperazine rings is 1. The first kappa shape index (κ1) is 15.9. The van der Waals surface area contributed by atoms with Gasteiger partial charge in [0.1, 0.15) is 0 Å². The van der Waals surface area contributed by atoms with Gasteiger partial charge in [-0.15, -0.1) is 13.2 Å². The Morgan fingerprint density at radius 2 is 2.00 bits per heavy atom. The summed E-state index contributed by atoms with van der Waals surface area (Å²) in [5, 5.41) is 3.41. The molecule has 2 heterocycles. The normalized spacial score (nSPS) is 17.6. The molecule has 1 N–H and O–H groups in total. The van der Waals surface area contributed by atoms with Crippen LogP contribution in [0.3, 0.4) is 0 Å². The SMILES string of the molecule is C=CCN(CC=C)C(CN1CCNCC1)c1cccnc1. The van der Waals surface area contributed by atoms with Crippen LogP contribution in [0.15, 0.2) is 49.8 Å². The molecule has 1 aliphatic rings. The third-order valence-electron chi connectivity index (χ3n) is 3.88. The van der Waals surface area contributed by atoms with E-state index in [-0.39, 0.29) is 0 Å². The number of rotatable bonds is 8. The average molecular weight is 286 g/mol. The molecule has 0 saturated carbocycles. The largest absolute Gasteiger partial charge is 0.314 e. The third-order valence-corrected chi connectivity index (χ3v) is 3.88. The van der Waals surface area contributed by atoms with Crippen molar-refractivity contribution in [3.8, 4) is 0 Å². The van der Waals surface area contributed by atoms with Gasteiger partial charge in [-0.2, -0.15) is 0 Å². The van der Waals surface area contributed by atoms with E-state index in [1.807, 2.05) is 30.6 Å². The van der Waals surface area contributed by atoms with E-state index in [1.54, 1.807) is 0 Å². The molecule has 1 aromatic heterocycles. The summed E-state index contributed by atoms with van der Waals surface area (Å²) in [7, 11) is 0. The van der Waals surface area contributed by atoms with Crippen molar-refractivity contribution in [1.82, 2.24) is 20.1 Å². The Morgan fingerprint density at radius 3 is 2.57 bits per heavy atom. The molecule has 0 radical (unpaired) electrons. The molecule has 1 unspecified atom stereocenters. The molecule has 4 heteroatoms. The highest BCUT2D eigenvalue weighted by Gasteiger charge is 2.22. The molecule has 0 aromatic carbocycles. The summed E-state index contributed by atoms with van der Waals surface area (Å²) in [4.78, 5) is 9.22. The van der Waals surface area contributed by atoms with Gasteiger partial charge in [0.05, 0.1) is 0 Å². The first-order valence-corrected chi connectivity index (χ1v) is 7.64. The minimum atomic E-state index is 0.327. The molecule has 4 nitrogen and oxygen atoms in total. The van der Waals surface area contributed by atoms with E-state index in [0.29, 0.717) is 6.04 Å². The molecule has 1 atom stereocenters. The van der Waals surface area contributed by atoms with Gasteiger partial charge < -0.3 is 5.32 Å². The molecule has 2 rings (SSSR count). The van der Waals surface area contributed by atoms with Gasteiger partial charge in [-0.1, -0.05) is 18.2 Å². The zero-order valence-electron chi connectivity index (χ0n) is 12.7. The number of pyridine rings is 1. The molecule has 1 aliphatic heterocycles. The summed E-state index contributed by atoms with van der Waals surface area (Å²) in [6, 6.07) is 4.51. The lowest BCUT2D eigenvalue weighted by molar-refractivity contribution is 0.148. The van der Waals surface area contributed by atoms with Crippen molar-refractivity contribution < 1.29 is 0 Å². The topological polar surface area (TPSA) is 31.4 Å². The molecule has 0 bridgehead atoms. The van der Waals surface area contributed by atoms with Crippen LogP contribution in [-0.4, -0.2) is 60.6 Å². The fourth-order valence-electron chi connectivity index (χ4n) is 2.80.